The summed E-state index contributed by atoms with van der Waals surface area (Å²) in [7, 11) is 1.65. The summed E-state index contributed by atoms with van der Waals surface area (Å²) >= 11 is 0. The van der Waals surface area contributed by atoms with E-state index < -0.39 is 0 Å². The van der Waals surface area contributed by atoms with Gasteiger partial charge >= 0.3 is 0 Å². The third-order valence-corrected chi connectivity index (χ3v) is 5.39. The Morgan fingerprint density at radius 3 is 2.57 bits per heavy atom. The molecule has 6 nitrogen and oxygen atoms in total. The summed E-state index contributed by atoms with van der Waals surface area (Å²) in [5.41, 5.74) is 0.798. The van der Waals surface area contributed by atoms with Gasteiger partial charge in [-0.05, 0) is 76.7 Å². The van der Waals surface area contributed by atoms with Crippen molar-refractivity contribution < 1.29 is 9.47 Å². The molecule has 0 unspecified atom stereocenters. The van der Waals surface area contributed by atoms with E-state index in [-0.39, 0.29) is 0 Å². The number of methoxy groups -OCH3 is 1. The molecule has 1 saturated heterocycles. The summed E-state index contributed by atoms with van der Waals surface area (Å²) < 4.78 is 11.6. The van der Waals surface area contributed by atoms with Crippen molar-refractivity contribution in [3.8, 4) is 11.5 Å². The van der Waals surface area contributed by atoms with Gasteiger partial charge in [-0.3, -0.25) is 0 Å². The van der Waals surface area contributed by atoms with Gasteiger partial charge in [0.15, 0.2) is 11.5 Å². The van der Waals surface area contributed by atoms with E-state index in [9.17, 15) is 0 Å². The molecule has 0 amide bonds. The Morgan fingerprint density at radius 1 is 1.14 bits per heavy atom. The SMILES string of the molecule is COc1c(Nc2ncccn2)cccc1OCCCC1CCN(C(C)C)CC1. The molecule has 0 aliphatic carbocycles. The Labute approximate surface area is 168 Å². The van der Waals surface area contributed by atoms with E-state index in [4.69, 9.17) is 9.47 Å². The molecule has 0 bridgehead atoms. The number of piperidine rings is 1. The van der Waals surface area contributed by atoms with E-state index in [0.717, 1.165) is 23.8 Å². The Hall–Kier alpha value is -2.34. The fourth-order valence-corrected chi connectivity index (χ4v) is 3.73. The van der Waals surface area contributed by atoms with Crippen LogP contribution in [0.1, 0.15) is 39.5 Å². The number of aromatic nitrogens is 2. The predicted octanol–water partition coefficient (Wildman–Crippen LogP) is 4.51. The van der Waals surface area contributed by atoms with Crippen molar-refractivity contribution in [1.82, 2.24) is 14.9 Å². The number of anilines is 2. The average Bonchev–Trinajstić information content (AvgIpc) is 2.72. The van der Waals surface area contributed by atoms with Crippen LogP contribution in [0.15, 0.2) is 36.7 Å². The summed E-state index contributed by atoms with van der Waals surface area (Å²) in [5, 5.41) is 3.19. The summed E-state index contributed by atoms with van der Waals surface area (Å²) in [6, 6.07) is 8.28. The summed E-state index contributed by atoms with van der Waals surface area (Å²) in [6.45, 7) is 7.73. The maximum Gasteiger partial charge on any atom is 0.227 e. The van der Waals surface area contributed by atoms with Gasteiger partial charge < -0.3 is 19.7 Å². The van der Waals surface area contributed by atoms with Crippen molar-refractivity contribution in [1.29, 1.82) is 0 Å². The highest BCUT2D eigenvalue weighted by atomic mass is 16.5. The average molecular weight is 385 g/mol. The van der Waals surface area contributed by atoms with Crippen LogP contribution in [-0.2, 0) is 0 Å². The van der Waals surface area contributed by atoms with E-state index in [1.54, 1.807) is 25.6 Å². The molecule has 1 aromatic heterocycles. The number of likely N-dealkylation sites (tertiary alicyclic amines) is 1. The third kappa shape index (κ3) is 5.58. The molecule has 3 rings (SSSR count). The van der Waals surface area contributed by atoms with Gasteiger partial charge in [-0.15, -0.1) is 0 Å². The summed E-state index contributed by atoms with van der Waals surface area (Å²) in [6.07, 6.45) is 8.30. The third-order valence-electron chi connectivity index (χ3n) is 5.39. The van der Waals surface area contributed by atoms with Crippen LogP contribution in [0.3, 0.4) is 0 Å². The quantitative estimate of drug-likeness (QED) is 0.642. The fraction of sp³-hybridized carbons (Fsp3) is 0.545. The predicted molar refractivity (Wildman–Crippen MR) is 112 cm³/mol. The lowest BCUT2D eigenvalue weighted by molar-refractivity contribution is 0.141. The molecule has 0 radical (unpaired) electrons. The Kier molecular flexibility index (Phi) is 7.48. The first-order valence-electron chi connectivity index (χ1n) is 10.2. The molecule has 1 aliphatic rings. The first-order valence-corrected chi connectivity index (χ1v) is 10.2. The van der Waals surface area contributed by atoms with Crippen LogP contribution in [0.2, 0.25) is 0 Å². The highest BCUT2D eigenvalue weighted by Gasteiger charge is 2.20. The first-order chi connectivity index (χ1) is 13.7. The molecule has 1 N–H and O–H groups in total. The molecule has 152 valence electrons. The summed E-state index contributed by atoms with van der Waals surface area (Å²) in [4.78, 5) is 11.0. The van der Waals surface area contributed by atoms with E-state index in [0.29, 0.717) is 24.3 Å². The maximum atomic E-state index is 6.04. The van der Waals surface area contributed by atoms with Gasteiger partial charge in [0, 0.05) is 18.4 Å². The maximum absolute atomic E-state index is 6.04. The lowest BCUT2D eigenvalue weighted by Crippen LogP contribution is -2.38. The van der Waals surface area contributed by atoms with Gasteiger partial charge in [0.1, 0.15) is 0 Å². The standard InChI is InChI=1S/C22H32N4O2/c1-17(2)26-14-10-18(11-15-26)7-5-16-28-20-9-4-8-19(21(20)27-3)25-22-23-12-6-13-24-22/h4,6,8-9,12-13,17-18H,5,7,10-11,14-16H2,1-3H3,(H,23,24,25). The number of nitrogens with zero attached hydrogens (tertiary/aromatic N) is 3. The van der Waals surface area contributed by atoms with Gasteiger partial charge in [-0.25, -0.2) is 9.97 Å². The number of ether oxygens (including phenoxy) is 2. The minimum Gasteiger partial charge on any atom is -0.491 e. The highest BCUT2D eigenvalue weighted by molar-refractivity contribution is 5.67. The van der Waals surface area contributed by atoms with Gasteiger partial charge in [0.2, 0.25) is 5.95 Å². The molecular weight excluding hydrogens is 352 g/mol. The van der Waals surface area contributed by atoms with Crippen LogP contribution in [-0.4, -0.2) is 47.7 Å². The van der Waals surface area contributed by atoms with Crippen molar-refractivity contribution in [3.63, 3.8) is 0 Å². The van der Waals surface area contributed by atoms with Gasteiger partial charge in [-0.2, -0.15) is 0 Å². The lowest BCUT2D eigenvalue weighted by atomic mass is 9.92. The van der Waals surface area contributed by atoms with Crippen molar-refractivity contribution >= 4 is 11.6 Å². The van der Waals surface area contributed by atoms with Crippen molar-refractivity contribution in [2.45, 2.75) is 45.6 Å². The monoisotopic (exact) mass is 384 g/mol. The van der Waals surface area contributed by atoms with E-state index in [1.165, 1.54) is 32.4 Å². The molecule has 1 aromatic carbocycles. The molecular formula is C22H32N4O2. The molecule has 0 spiro atoms. The second kappa shape index (κ2) is 10.3. The van der Waals surface area contributed by atoms with Crippen LogP contribution in [0.25, 0.3) is 0 Å². The van der Waals surface area contributed by atoms with Crippen LogP contribution < -0.4 is 14.8 Å². The molecule has 1 fully saturated rings. The summed E-state index contributed by atoms with van der Waals surface area (Å²) in [5.74, 6) is 2.78. The molecule has 28 heavy (non-hydrogen) atoms. The largest absolute Gasteiger partial charge is 0.491 e. The number of hydrogen-bond acceptors (Lipinski definition) is 6. The smallest absolute Gasteiger partial charge is 0.227 e. The lowest BCUT2D eigenvalue weighted by Gasteiger charge is -2.34. The number of para-hydroxylation sites is 1. The van der Waals surface area contributed by atoms with E-state index in [2.05, 4.69) is 34.0 Å². The van der Waals surface area contributed by atoms with E-state index >= 15 is 0 Å². The van der Waals surface area contributed by atoms with Crippen LogP contribution in [0.4, 0.5) is 11.6 Å². The minimum absolute atomic E-state index is 0.533. The molecule has 1 aliphatic heterocycles. The van der Waals surface area contributed by atoms with E-state index in [1.807, 2.05) is 18.2 Å². The molecule has 2 heterocycles. The van der Waals surface area contributed by atoms with Crippen molar-refractivity contribution in [3.05, 3.63) is 36.7 Å². The number of rotatable bonds is 9. The van der Waals surface area contributed by atoms with Crippen LogP contribution in [0.5, 0.6) is 11.5 Å². The Bertz CT molecular complexity index is 716. The second-order valence-electron chi connectivity index (χ2n) is 7.60. The number of hydrogen-bond donors (Lipinski definition) is 1. The van der Waals surface area contributed by atoms with Crippen LogP contribution in [0, 0.1) is 5.92 Å². The zero-order valence-corrected chi connectivity index (χ0v) is 17.2. The zero-order valence-electron chi connectivity index (χ0n) is 17.2. The first kappa shape index (κ1) is 20.4. The van der Waals surface area contributed by atoms with Gasteiger partial charge in [-0.1, -0.05) is 6.07 Å². The molecule has 2 aromatic rings. The fourth-order valence-electron chi connectivity index (χ4n) is 3.73. The van der Waals surface area contributed by atoms with Crippen LogP contribution >= 0.6 is 0 Å². The normalized spacial score (nSPS) is 15.6. The van der Waals surface area contributed by atoms with Gasteiger partial charge in [0.25, 0.3) is 0 Å². The topological polar surface area (TPSA) is 59.5 Å². The van der Waals surface area contributed by atoms with Gasteiger partial charge in [0.05, 0.1) is 19.4 Å². The highest BCUT2D eigenvalue weighted by Crippen LogP contribution is 2.36. The minimum atomic E-state index is 0.533. The second-order valence-corrected chi connectivity index (χ2v) is 7.60. The molecule has 6 heteroatoms. The molecule has 0 atom stereocenters. The number of nitrogens with one attached hydrogen (secondary N) is 1. The zero-order chi connectivity index (χ0) is 19.8. The number of benzene rings is 1. The van der Waals surface area contributed by atoms with Crippen molar-refractivity contribution in [2.24, 2.45) is 5.92 Å². The Morgan fingerprint density at radius 2 is 1.89 bits per heavy atom. The Balaban J connectivity index is 1.49. The van der Waals surface area contributed by atoms with Crippen molar-refractivity contribution in [2.75, 3.05) is 32.1 Å². The molecule has 0 saturated carbocycles.